The van der Waals surface area contributed by atoms with Gasteiger partial charge in [-0.1, -0.05) is 42.5 Å². The van der Waals surface area contributed by atoms with Crippen molar-refractivity contribution >= 4 is 0 Å². The van der Waals surface area contributed by atoms with Crippen LogP contribution < -0.4 is 4.74 Å². The van der Waals surface area contributed by atoms with E-state index in [9.17, 15) is 4.39 Å². The molecule has 0 unspecified atom stereocenters. The van der Waals surface area contributed by atoms with Gasteiger partial charge in [0, 0.05) is 0 Å². The minimum atomic E-state index is 0.426. The van der Waals surface area contributed by atoms with Crippen LogP contribution in [0.1, 0.15) is 37.2 Å². The maximum atomic E-state index is 12.3. The average Bonchev–Trinajstić information content (AvgIpc) is 2.63. The van der Waals surface area contributed by atoms with Gasteiger partial charge in [-0.3, -0.25) is 0 Å². The molecule has 1 fully saturated rings. The summed E-state index contributed by atoms with van der Waals surface area (Å²) >= 11 is 0. The maximum absolute atomic E-state index is 12.3. The topological polar surface area (TPSA) is 9.23 Å². The van der Waals surface area contributed by atoms with Crippen LogP contribution in [0.5, 0.6) is 5.75 Å². The molecule has 2 aromatic rings. The molecule has 0 N–H and O–H groups in total. The van der Waals surface area contributed by atoms with E-state index in [1.807, 2.05) is 12.1 Å². The molecule has 0 heterocycles. The predicted octanol–water partition coefficient (Wildman–Crippen LogP) is 6.12. The Balaban J connectivity index is 1.67. The molecule has 1 saturated carbocycles. The van der Waals surface area contributed by atoms with Gasteiger partial charge in [0.2, 0.25) is 0 Å². The summed E-state index contributed by atoms with van der Waals surface area (Å²) in [6.45, 7) is 0. The Kier molecular flexibility index (Phi) is 5.12. The first-order valence-electron chi connectivity index (χ1n) is 8.31. The van der Waals surface area contributed by atoms with Crippen LogP contribution in [0.3, 0.4) is 0 Å². The average molecular weight is 310 g/mol. The standard InChI is InChI=1S/C21H23FO/c1-23-21-12-10-20(11-13-21)19-8-6-18(7-9-19)17-4-2-16(3-5-17)14-15-22/h6-17H,2-5H2,1H3/t16-,17-. The molecule has 0 saturated heterocycles. The number of hydrogen-bond donors (Lipinski definition) is 0. The highest BCUT2D eigenvalue weighted by molar-refractivity contribution is 5.64. The summed E-state index contributed by atoms with van der Waals surface area (Å²) in [7, 11) is 1.68. The Morgan fingerprint density at radius 1 is 0.870 bits per heavy atom. The summed E-state index contributed by atoms with van der Waals surface area (Å²) in [6, 6.07) is 17.0. The zero-order valence-corrected chi connectivity index (χ0v) is 13.5. The molecular formula is C21H23FO. The first-order valence-corrected chi connectivity index (χ1v) is 8.31. The molecule has 0 spiro atoms. The summed E-state index contributed by atoms with van der Waals surface area (Å²) in [4.78, 5) is 0. The van der Waals surface area contributed by atoms with E-state index < -0.39 is 0 Å². The van der Waals surface area contributed by atoms with Crippen molar-refractivity contribution in [2.45, 2.75) is 31.6 Å². The van der Waals surface area contributed by atoms with Gasteiger partial charge in [-0.25, -0.2) is 4.39 Å². The van der Waals surface area contributed by atoms with Crippen molar-refractivity contribution in [1.29, 1.82) is 0 Å². The van der Waals surface area contributed by atoms with E-state index >= 15 is 0 Å². The van der Waals surface area contributed by atoms with Crippen LogP contribution in [0.25, 0.3) is 11.1 Å². The lowest BCUT2D eigenvalue weighted by Crippen LogP contribution is -2.11. The highest BCUT2D eigenvalue weighted by atomic mass is 19.1. The van der Waals surface area contributed by atoms with Gasteiger partial charge in [0.25, 0.3) is 0 Å². The number of hydrogen-bond acceptors (Lipinski definition) is 1. The highest BCUT2D eigenvalue weighted by Gasteiger charge is 2.20. The van der Waals surface area contributed by atoms with Gasteiger partial charge in [0.1, 0.15) is 5.75 Å². The Morgan fingerprint density at radius 2 is 1.43 bits per heavy atom. The van der Waals surface area contributed by atoms with Crippen LogP contribution in [-0.4, -0.2) is 7.11 Å². The summed E-state index contributed by atoms with van der Waals surface area (Å²) < 4.78 is 17.5. The van der Waals surface area contributed by atoms with Gasteiger partial charge in [-0.2, -0.15) is 0 Å². The minimum Gasteiger partial charge on any atom is -0.497 e. The van der Waals surface area contributed by atoms with Crippen molar-refractivity contribution in [1.82, 2.24) is 0 Å². The van der Waals surface area contributed by atoms with Crippen LogP contribution >= 0.6 is 0 Å². The summed E-state index contributed by atoms with van der Waals surface area (Å²) in [5, 5.41) is 0. The molecule has 0 aromatic heterocycles. The fourth-order valence-electron chi connectivity index (χ4n) is 3.48. The molecule has 3 rings (SSSR count). The number of allylic oxidation sites excluding steroid dienone is 1. The summed E-state index contributed by atoms with van der Waals surface area (Å²) in [6.07, 6.45) is 6.89. The molecule has 0 bridgehead atoms. The van der Waals surface area contributed by atoms with Crippen LogP contribution in [0.2, 0.25) is 0 Å². The van der Waals surface area contributed by atoms with Crippen molar-refractivity contribution in [2.75, 3.05) is 7.11 Å². The van der Waals surface area contributed by atoms with Crippen molar-refractivity contribution in [3.05, 3.63) is 66.5 Å². The van der Waals surface area contributed by atoms with Gasteiger partial charge in [0.15, 0.2) is 0 Å². The Labute approximate surface area is 137 Å². The van der Waals surface area contributed by atoms with Gasteiger partial charge < -0.3 is 4.74 Å². The van der Waals surface area contributed by atoms with Crippen LogP contribution in [0, 0.1) is 5.92 Å². The van der Waals surface area contributed by atoms with Crippen molar-refractivity contribution in [3.8, 4) is 16.9 Å². The molecule has 0 atom stereocenters. The van der Waals surface area contributed by atoms with Crippen molar-refractivity contribution in [3.63, 3.8) is 0 Å². The Morgan fingerprint density at radius 3 is 1.96 bits per heavy atom. The maximum Gasteiger partial charge on any atom is 0.118 e. The second-order valence-corrected chi connectivity index (χ2v) is 6.28. The van der Waals surface area contributed by atoms with Gasteiger partial charge in [-0.05, 0) is 66.3 Å². The third-order valence-corrected chi connectivity index (χ3v) is 4.92. The third kappa shape index (κ3) is 3.82. The largest absolute Gasteiger partial charge is 0.497 e. The van der Waals surface area contributed by atoms with Crippen molar-refractivity contribution in [2.24, 2.45) is 5.92 Å². The lowest BCUT2D eigenvalue weighted by atomic mass is 9.78. The van der Waals surface area contributed by atoms with E-state index in [4.69, 9.17) is 4.74 Å². The number of benzene rings is 2. The number of halogens is 1. The Bertz CT molecular complexity index is 635. The van der Waals surface area contributed by atoms with E-state index in [1.54, 1.807) is 13.2 Å². The highest BCUT2D eigenvalue weighted by Crippen LogP contribution is 2.37. The zero-order chi connectivity index (χ0) is 16.1. The minimum absolute atomic E-state index is 0.426. The van der Waals surface area contributed by atoms with Gasteiger partial charge >= 0.3 is 0 Å². The van der Waals surface area contributed by atoms with Crippen LogP contribution in [-0.2, 0) is 0 Å². The second kappa shape index (κ2) is 7.45. The van der Waals surface area contributed by atoms with Crippen LogP contribution in [0.15, 0.2) is 60.9 Å². The van der Waals surface area contributed by atoms with Crippen LogP contribution in [0.4, 0.5) is 4.39 Å². The van der Waals surface area contributed by atoms with E-state index in [0.717, 1.165) is 31.4 Å². The van der Waals surface area contributed by atoms with E-state index in [1.165, 1.54) is 16.7 Å². The molecule has 0 amide bonds. The molecular weight excluding hydrogens is 287 g/mol. The first kappa shape index (κ1) is 15.8. The Hall–Kier alpha value is -2.09. The SMILES string of the molecule is COc1ccc(-c2ccc([C@H]3CC[C@H](C=CF)CC3)cc2)cc1. The van der Waals surface area contributed by atoms with E-state index in [0.29, 0.717) is 18.2 Å². The molecule has 1 nitrogen and oxygen atoms in total. The molecule has 120 valence electrons. The summed E-state index contributed by atoms with van der Waals surface area (Å²) in [5.74, 6) is 1.92. The van der Waals surface area contributed by atoms with Gasteiger partial charge in [0.05, 0.1) is 13.4 Å². The fourth-order valence-corrected chi connectivity index (χ4v) is 3.48. The molecule has 23 heavy (non-hydrogen) atoms. The van der Waals surface area contributed by atoms with E-state index in [-0.39, 0.29) is 0 Å². The first-order chi connectivity index (χ1) is 11.3. The molecule has 1 aliphatic carbocycles. The number of rotatable bonds is 4. The monoisotopic (exact) mass is 310 g/mol. The molecule has 2 heteroatoms. The quantitative estimate of drug-likeness (QED) is 0.661. The summed E-state index contributed by atoms with van der Waals surface area (Å²) in [5.41, 5.74) is 3.84. The van der Waals surface area contributed by atoms with Gasteiger partial charge in [-0.15, -0.1) is 0 Å². The second-order valence-electron chi connectivity index (χ2n) is 6.28. The molecule has 1 aliphatic rings. The number of methoxy groups -OCH3 is 1. The van der Waals surface area contributed by atoms with Crippen molar-refractivity contribution < 1.29 is 9.13 Å². The zero-order valence-electron chi connectivity index (χ0n) is 13.5. The smallest absolute Gasteiger partial charge is 0.118 e. The van der Waals surface area contributed by atoms with E-state index in [2.05, 4.69) is 36.4 Å². The molecule has 0 radical (unpaired) electrons. The fraction of sp³-hybridized carbons (Fsp3) is 0.333. The number of ether oxygens (including phenoxy) is 1. The third-order valence-electron chi connectivity index (χ3n) is 4.92. The molecule has 0 aliphatic heterocycles. The lowest BCUT2D eigenvalue weighted by molar-refractivity contribution is 0.373. The normalized spacial score (nSPS) is 21.5. The predicted molar refractivity (Wildman–Crippen MR) is 93.4 cm³/mol. The lowest BCUT2D eigenvalue weighted by Gasteiger charge is -2.27. The molecule has 2 aromatic carbocycles.